The second-order valence-corrected chi connectivity index (χ2v) is 6.37. The Kier molecular flexibility index (Phi) is 4.34. The number of aryl methyl sites for hydroxylation is 2. The minimum Gasteiger partial charge on any atom is -0.380 e. The van der Waals surface area contributed by atoms with Crippen molar-refractivity contribution in [3.8, 4) is 11.4 Å². The fraction of sp³-hybridized carbons (Fsp3) is 0.389. The van der Waals surface area contributed by atoms with Gasteiger partial charge in [0.05, 0.1) is 6.10 Å². The summed E-state index contributed by atoms with van der Waals surface area (Å²) in [6.07, 6.45) is 4.32. The Morgan fingerprint density at radius 1 is 1.15 bits per heavy atom. The highest BCUT2D eigenvalue weighted by Crippen LogP contribution is 2.36. The number of rotatable bonds is 4. The van der Waals surface area contributed by atoms with E-state index < -0.39 is 0 Å². The first kappa shape index (κ1) is 16.6. The van der Waals surface area contributed by atoms with Crippen LogP contribution in [-0.4, -0.2) is 44.9 Å². The number of aromatic nitrogens is 5. The highest BCUT2D eigenvalue weighted by molar-refractivity contribution is 5.57. The molecule has 3 aromatic rings. The van der Waals surface area contributed by atoms with E-state index in [-0.39, 0.29) is 12.1 Å². The van der Waals surface area contributed by atoms with Crippen molar-refractivity contribution in [3.05, 3.63) is 48.0 Å². The summed E-state index contributed by atoms with van der Waals surface area (Å²) in [5.74, 6) is 2.70. The van der Waals surface area contributed by atoms with Crippen LogP contribution < -0.4 is 4.90 Å². The van der Waals surface area contributed by atoms with Gasteiger partial charge < -0.3 is 14.2 Å². The van der Waals surface area contributed by atoms with E-state index in [4.69, 9.17) is 14.2 Å². The predicted molar refractivity (Wildman–Crippen MR) is 94.5 cm³/mol. The van der Waals surface area contributed by atoms with Gasteiger partial charge in [-0.15, -0.1) is 0 Å². The highest BCUT2D eigenvalue weighted by Gasteiger charge is 2.37. The third kappa shape index (κ3) is 3.15. The Labute approximate surface area is 151 Å². The standard InChI is InChI=1S/C18H20N6O2/c1-11-8-16(22-17(20-11)13-4-6-19-7-5-13)24-10-14(25-3)9-15(24)18-21-12(2)23-26-18/h4-8,14-15H,9-10H2,1-3H3. The van der Waals surface area contributed by atoms with Gasteiger partial charge in [0.15, 0.2) is 11.6 Å². The minimum atomic E-state index is -0.0688. The third-order valence-corrected chi connectivity index (χ3v) is 4.50. The monoisotopic (exact) mass is 352 g/mol. The first-order chi connectivity index (χ1) is 12.6. The van der Waals surface area contributed by atoms with Crippen LogP contribution in [0.4, 0.5) is 5.82 Å². The SMILES string of the molecule is COC1CC(c2nc(C)no2)N(c2cc(C)nc(-c3ccncc3)n2)C1. The van der Waals surface area contributed by atoms with Crippen LogP contribution in [-0.2, 0) is 4.74 Å². The lowest BCUT2D eigenvalue weighted by Crippen LogP contribution is -2.26. The lowest BCUT2D eigenvalue weighted by Gasteiger charge is -2.23. The Bertz CT molecular complexity index is 898. The van der Waals surface area contributed by atoms with E-state index in [2.05, 4.69) is 25.0 Å². The van der Waals surface area contributed by atoms with Gasteiger partial charge in [0, 0.05) is 49.8 Å². The van der Waals surface area contributed by atoms with Gasteiger partial charge in [-0.1, -0.05) is 5.16 Å². The molecular weight excluding hydrogens is 332 g/mol. The molecule has 134 valence electrons. The first-order valence-corrected chi connectivity index (χ1v) is 8.50. The normalized spacial score (nSPS) is 19.9. The lowest BCUT2D eigenvalue weighted by molar-refractivity contribution is 0.117. The van der Waals surface area contributed by atoms with Crippen molar-refractivity contribution >= 4 is 5.82 Å². The molecule has 8 heteroatoms. The van der Waals surface area contributed by atoms with Gasteiger partial charge >= 0.3 is 0 Å². The summed E-state index contributed by atoms with van der Waals surface area (Å²) in [6, 6.07) is 5.71. The molecule has 0 saturated carbocycles. The molecule has 0 N–H and O–H groups in total. The van der Waals surface area contributed by atoms with Gasteiger partial charge in [0.2, 0.25) is 5.89 Å². The van der Waals surface area contributed by atoms with Gasteiger partial charge in [-0.2, -0.15) is 4.98 Å². The molecule has 0 amide bonds. The average Bonchev–Trinajstić information content (AvgIpc) is 3.28. The Morgan fingerprint density at radius 3 is 2.65 bits per heavy atom. The fourth-order valence-electron chi connectivity index (χ4n) is 3.23. The van der Waals surface area contributed by atoms with Gasteiger partial charge in [-0.25, -0.2) is 9.97 Å². The number of anilines is 1. The largest absolute Gasteiger partial charge is 0.380 e. The zero-order valence-corrected chi connectivity index (χ0v) is 15.0. The van der Waals surface area contributed by atoms with Gasteiger partial charge in [-0.3, -0.25) is 4.98 Å². The van der Waals surface area contributed by atoms with Crippen LogP contribution in [0.15, 0.2) is 35.1 Å². The molecule has 3 aromatic heterocycles. The van der Waals surface area contributed by atoms with Crippen LogP contribution in [0.5, 0.6) is 0 Å². The van der Waals surface area contributed by atoms with E-state index in [9.17, 15) is 0 Å². The van der Waals surface area contributed by atoms with E-state index in [0.29, 0.717) is 24.1 Å². The molecule has 4 heterocycles. The second-order valence-electron chi connectivity index (χ2n) is 6.37. The van der Waals surface area contributed by atoms with E-state index in [0.717, 1.165) is 23.5 Å². The summed E-state index contributed by atoms with van der Waals surface area (Å²) in [6.45, 7) is 4.48. The molecule has 1 aliphatic heterocycles. The fourth-order valence-corrected chi connectivity index (χ4v) is 3.23. The van der Waals surface area contributed by atoms with Gasteiger partial charge in [0.25, 0.3) is 0 Å². The smallest absolute Gasteiger partial charge is 0.249 e. The molecular formula is C18H20N6O2. The summed E-state index contributed by atoms with van der Waals surface area (Å²) >= 11 is 0. The first-order valence-electron chi connectivity index (χ1n) is 8.50. The van der Waals surface area contributed by atoms with E-state index in [1.54, 1.807) is 19.5 Å². The summed E-state index contributed by atoms with van der Waals surface area (Å²) < 4.78 is 11.0. The second kappa shape index (κ2) is 6.80. The topological polar surface area (TPSA) is 90.1 Å². The quantitative estimate of drug-likeness (QED) is 0.707. The maximum absolute atomic E-state index is 5.58. The van der Waals surface area contributed by atoms with Crippen LogP contribution in [0.2, 0.25) is 0 Å². The Balaban J connectivity index is 1.73. The molecule has 0 aromatic carbocycles. The molecule has 4 rings (SSSR count). The van der Waals surface area contributed by atoms with Crippen LogP contribution in [0.3, 0.4) is 0 Å². The molecule has 0 aliphatic carbocycles. The van der Waals surface area contributed by atoms with Gasteiger partial charge in [-0.05, 0) is 26.0 Å². The Hall–Kier alpha value is -2.87. The maximum Gasteiger partial charge on any atom is 0.249 e. The van der Waals surface area contributed by atoms with Crippen molar-refractivity contribution in [1.29, 1.82) is 0 Å². The third-order valence-electron chi connectivity index (χ3n) is 4.50. The van der Waals surface area contributed by atoms with Crippen molar-refractivity contribution in [1.82, 2.24) is 25.1 Å². The van der Waals surface area contributed by atoms with Gasteiger partial charge in [0.1, 0.15) is 11.9 Å². The zero-order chi connectivity index (χ0) is 18.1. The summed E-state index contributed by atoms with van der Waals surface area (Å²) in [7, 11) is 1.72. The summed E-state index contributed by atoms with van der Waals surface area (Å²) in [5.41, 5.74) is 1.82. The molecule has 1 saturated heterocycles. The van der Waals surface area contributed by atoms with Crippen LogP contribution in [0, 0.1) is 13.8 Å². The van der Waals surface area contributed by atoms with Crippen molar-refractivity contribution in [2.45, 2.75) is 32.4 Å². The van der Waals surface area contributed by atoms with E-state index in [1.807, 2.05) is 32.0 Å². The average molecular weight is 352 g/mol. The molecule has 0 spiro atoms. The summed E-state index contributed by atoms with van der Waals surface area (Å²) in [5, 5.41) is 3.93. The number of hydrogen-bond donors (Lipinski definition) is 0. The minimum absolute atomic E-state index is 0.0688. The molecule has 1 fully saturated rings. The van der Waals surface area contributed by atoms with E-state index >= 15 is 0 Å². The molecule has 8 nitrogen and oxygen atoms in total. The van der Waals surface area contributed by atoms with Crippen LogP contribution in [0.1, 0.15) is 29.9 Å². The number of ether oxygens (including phenoxy) is 1. The van der Waals surface area contributed by atoms with Crippen molar-refractivity contribution < 1.29 is 9.26 Å². The van der Waals surface area contributed by atoms with Crippen molar-refractivity contribution in [2.24, 2.45) is 0 Å². The van der Waals surface area contributed by atoms with Crippen LogP contribution >= 0.6 is 0 Å². The summed E-state index contributed by atoms with van der Waals surface area (Å²) in [4.78, 5) is 20.0. The molecule has 0 bridgehead atoms. The predicted octanol–water partition coefficient (Wildman–Crippen LogP) is 2.50. The molecule has 2 unspecified atom stereocenters. The highest BCUT2D eigenvalue weighted by atomic mass is 16.5. The number of hydrogen-bond acceptors (Lipinski definition) is 8. The molecule has 2 atom stereocenters. The molecule has 26 heavy (non-hydrogen) atoms. The van der Waals surface area contributed by atoms with Crippen molar-refractivity contribution in [3.63, 3.8) is 0 Å². The van der Waals surface area contributed by atoms with Crippen LogP contribution in [0.25, 0.3) is 11.4 Å². The van der Waals surface area contributed by atoms with E-state index in [1.165, 1.54) is 0 Å². The number of nitrogens with zero attached hydrogens (tertiary/aromatic N) is 6. The molecule has 1 aliphatic rings. The molecule has 0 radical (unpaired) electrons. The number of methoxy groups -OCH3 is 1. The van der Waals surface area contributed by atoms with Crippen molar-refractivity contribution in [2.75, 3.05) is 18.6 Å². The maximum atomic E-state index is 5.58. The lowest BCUT2D eigenvalue weighted by atomic mass is 10.2. The zero-order valence-electron chi connectivity index (χ0n) is 15.0. The Morgan fingerprint density at radius 2 is 1.96 bits per heavy atom. The number of pyridine rings is 1.